The number of esters is 1. The highest BCUT2D eigenvalue weighted by Gasteiger charge is 2.15. The number of amides is 2. The van der Waals surface area contributed by atoms with Crippen LogP contribution in [-0.2, 0) is 9.59 Å². The molecule has 0 aliphatic rings. The van der Waals surface area contributed by atoms with Gasteiger partial charge in [0.2, 0.25) is 0 Å². The van der Waals surface area contributed by atoms with Gasteiger partial charge < -0.3 is 19.5 Å². The lowest BCUT2D eigenvalue weighted by atomic mass is 10.1. The average molecular weight is 526 g/mol. The quantitative estimate of drug-likeness (QED) is 0.105. The second-order valence-electron chi connectivity index (χ2n) is 8.17. The van der Waals surface area contributed by atoms with Gasteiger partial charge in [0, 0.05) is 11.1 Å². The molecule has 0 heterocycles. The van der Waals surface area contributed by atoms with E-state index in [4.69, 9.17) is 14.2 Å². The monoisotopic (exact) mass is 525 g/mol. The van der Waals surface area contributed by atoms with Crippen molar-refractivity contribution in [2.45, 2.75) is 13.8 Å². The number of nitrogens with one attached hydrogen (secondary N) is 2. The first-order valence-electron chi connectivity index (χ1n) is 12.3. The number of ether oxygens (including phenoxy) is 3. The zero-order valence-corrected chi connectivity index (χ0v) is 21.5. The lowest BCUT2D eigenvalue weighted by molar-refractivity contribution is -0.136. The minimum absolute atomic E-state index is 0.228. The number of anilines is 1. The summed E-state index contributed by atoms with van der Waals surface area (Å²) in [5, 5.41) is 8.23. The summed E-state index contributed by atoms with van der Waals surface area (Å²) in [6.07, 6.45) is 1.35. The van der Waals surface area contributed by atoms with Crippen molar-refractivity contribution >= 4 is 40.5 Å². The van der Waals surface area contributed by atoms with E-state index in [0.717, 1.165) is 10.8 Å². The molecule has 9 heteroatoms. The zero-order valence-electron chi connectivity index (χ0n) is 21.5. The number of nitrogens with zero attached hydrogens (tertiary/aromatic N) is 1. The second kappa shape index (κ2) is 12.9. The van der Waals surface area contributed by atoms with Gasteiger partial charge in [0.25, 0.3) is 0 Å². The van der Waals surface area contributed by atoms with E-state index in [9.17, 15) is 14.4 Å². The van der Waals surface area contributed by atoms with Crippen LogP contribution in [0.25, 0.3) is 10.8 Å². The summed E-state index contributed by atoms with van der Waals surface area (Å²) in [6.45, 7) is 4.54. The molecule has 0 aliphatic carbocycles. The topological polar surface area (TPSA) is 115 Å². The smallest absolute Gasteiger partial charge is 0.343 e. The Labute approximate surface area is 225 Å². The van der Waals surface area contributed by atoms with Gasteiger partial charge in [-0.3, -0.25) is 9.59 Å². The average Bonchev–Trinajstić information content (AvgIpc) is 2.95. The molecule has 0 bridgehead atoms. The normalized spacial score (nSPS) is 10.7. The highest BCUT2D eigenvalue weighted by molar-refractivity contribution is 6.40. The van der Waals surface area contributed by atoms with Crippen molar-refractivity contribution < 1.29 is 28.6 Å². The van der Waals surface area contributed by atoms with Crippen LogP contribution in [0.3, 0.4) is 0 Å². The molecule has 0 fully saturated rings. The number of hydrogen-bond donors (Lipinski definition) is 2. The van der Waals surface area contributed by atoms with Crippen LogP contribution < -0.4 is 25.0 Å². The molecule has 0 atom stereocenters. The van der Waals surface area contributed by atoms with Crippen molar-refractivity contribution in [2.75, 3.05) is 18.5 Å². The molecule has 0 aliphatic heterocycles. The van der Waals surface area contributed by atoms with Gasteiger partial charge in [0.15, 0.2) is 11.5 Å². The molecule has 9 nitrogen and oxygen atoms in total. The molecule has 0 saturated heterocycles. The van der Waals surface area contributed by atoms with Crippen molar-refractivity contribution in [3.8, 4) is 17.2 Å². The van der Waals surface area contributed by atoms with Crippen LogP contribution in [-0.4, -0.2) is 37.2 Å². The summed E-state index contributed by atoms with van der Waals surface area (Å²) in [5.74, 6) is -1.12. The van der Waals surface area contributed by atoms with E-state index in [1.54, 1.807) is 61.5 Å². The maximum atomic E-state index is 12.6. The molecular formula is C30H27N3O6. The van der Waals surface area contributed by atoms with Crippen molar-refractivity contribution in [1.29, 1.82) is 0 Å². The Kier molecular flexibility index (Phi) is 8.87. The maximum Gasteiger partial charge on any atom is 0.343 e. The van der Waals surface area contributed by atoms with Crippen molar-refractivity contribution in [3.05, 3.63) is 96.1 Å². The van der Waals surface area contributed by atoms with E-state index >= 15 is 0 Å². The summed E-state index contributed by atoms with van der Waals surface area (Å²) < 4.78 is 16.5. The number of hydrazone groups is 1. The van der Waals surface area contributed by atoms with Crippen LogP contribution in [0.5, 0.6) is 17.2 Å². The van der Waals surface area contributed by atoms with Gasteiger partial charge >= 0.3 is 17.8 Å². The van der Waals surface area contributed by atoms with E-state index in [1.165, 1.54) is 6.21 Å². The van der Waals surface area contributed by atoms with Crippen LogP contribution in [0.4, 0.5) is 5.69 Å². The third-order valence-electron chi connectivity index (χ3n) is 5.50. The van der Waals surface area contributed by atoms with Crippen LogP contribution >= 0.6 is 0 Å². The van der Waals surface area contributed by atoms with Crippen LogP contribution in [0.15, 0.2) is 90.0 Å². The molecule has 4 aromatic carbocycles. The summed E-state index contributed by atoms with van der Waals surface area (Å²) >= 11 is 0. The van der Waals surface area contributed by atoms with Gasteiger partial charge in [-0.15, -0.1) is 0 Å². The maximum absolute atomic E-state index is 12.6. The van der Waals surface area contributed by atoms with Crippen LogP contribution in [0, 0.1) is 0 Å². The number of hydrogen-bond acceptors (Lipinski definition) is 7. The van der Waals surface area contributed by atoms with Crippen LogP contribution in [0.1, 0.15) is 29.8 Å². The molecule has 0 unspecified atom stereocenters. The molecule has 2 amide bonds. The Balaban J connectivity index is 1.38. The highest BCUT2D eigenvalue weighted by atomic mass is 16.6. The minimum Gasteiger partial charge on any atom is -0.494 e. The van der Waals surface area contributed by atoms with Gasteiger partial charge in [0.05, 0.1) is 25.0 Å². The Morgan fingerprint density at radius 1 is 0.795 bits per heavy atom. The predicted molar refractivity (Wildman–Crippen MR) is 148 cm³/mol. The van der Waals surface area contributed by atoms with Crippen molar-refractivity contribution in [3.63, 3.8) is 0 Å². The molecule has 0 radical (unpaired) electrons. The molecule has 39 heavy (non-hydrogen) atoms. The summed E-state index contributed by atoms with van der Waals surface area (Å²) in [7, 11) is 0. The molecule has 0 spiro atoms. The Morgan fingerprint density at radius 2 is 1.54 bits per heavy atom. The van der Waals surface area contributed by atoms with Crippen molar-refractivity contribution in [2.24, 2.45) is 5.10 Å². The number of carbonyl (C=O) groups is 3. The van der Waals surface area contributed by atoms with Gasteiger partial charge in [-0.2, -0.15) is 5.10 Å². The number of rotatable bonds is 9. The van der Waals surface area contributed by atoms with E-state index < -0.39 is 17.8 Å². The number of benzene rings is 4. The molecule has 4 rings (SSSR count). The highest BCUT2D eigenvalue weighted by Crippen LogP contribution is 2.29. The summed E-state index contributed by atoms with van der Waals surface area (Å²) in [6, 6.07) is 24.4. The fourth-order valence-electron chi connectivity index (χ4n) is 3.70. The van der Waals surface area contributed by atoms with E-state index in [1.807, 2.05) is 37.3 Å². The fraction of sp³-hybridized carbons (Fsp3) is 0.133. The van der Waals surface area contributed by atoms with Gasteiger partial charge in [-0.1, -0.05) is 36.4 Å². The molecule has 198 valence electrons. The van der Waals surface area contributed by atoms with E-state index in [0.29, 0.717) is 41.5 Å². The SMILES string of the molecule is CCOc1ccc(C(=O)Oc2ccc(C=NNC(=O)C(=O)Nc3cccc4ccccc34)cc2OCC)cc1. The Hall–Kier alpha value is -5.18. The largest absolute Gasteiger partial charge is 0.494 e. The lowest BCUT2D eigenvalue weighted by Gasteiger charge is -2.11. The minimum atomic E-state index is -0.926. The molecule has 4 aromatic rings. The summed E-state index contributed by atoms with van der Waals surface area (Å²) in [5.41, 5.74) is 3.64. The first kappa shape index (κ1) is 26.9. The Morgan fingerprint density at radius 3 is 2.31 bits per heavy atom. The van der Waals surface area contributed by atoms with Crippen molar-refractivity contribution in [1.82, 2.24) is 5.43 Å². The standard InChI is InChI=1S/C30H27N3O6/c1-3-37-23-15-13-22(14-16-23)30(36)39-26-17-12-20(18-27(26)38-4-2)19-31-33-29(35)28(34)32-25-11-7-9-21-8-5-6-10-24(21)25/h5-19H,3-4H2,1-2H3,(H,32,34)(H,33,35). The first-order chi connectivity index (χ1) is 19.0. The van der Waals surface area contributed by atoms with Gasteiger partial charge in [-0.25, -0.2) is 10.2 Å². The first-order valence-corrected chi connectivity index (χ1v) is 12.3. The number of fused-ring (bicyclic) bond motifs is 1. The molecular weight excluding hydrogens is 498 g/mol. The van der Waals surface area contributed by atoms with Gasteiger partial charge in [0.1, 0.15) is 5.75 Å². The lowest BCUT2D eigenvalue weighted by Crippen LogP contribution is -2.32. The van der Waals surface area contributed by atoms with E-state index in [-0.39, 0.29) is 5.75 Å². The van der Waals surface area contributed by atoms with Gasteiger partial charge in [-0.05, 0) is 73.3 Å². The fourth-order valence-corrected chi connectivity index (χ4v) is 3.70. The third kappa shape index (κ3) is 6.98. The molecule has 0 aromatic heterocycles. The second-order valence-corrected chi connectivity index (χ2v) is 8.17. The Bertz CT molecular complexity index is 1510. The third-order valence-corrected chi connectivity index (χ3v) is 5.50. The molecule has 0 saturated carbocycles. The predicted octanol–water partition coefficient (Wildman–Crippen LogP) is 4.95. The summed E-state index contributed by atoms with van der Waals surface area (Å²) in [4.78, 5) is 37.3. The van der Waals surface area contributed by atoms with Crippen LogP contribution in [0.2, 0.25) is 0 Å². The zero-order chi connectivity index (χ0) is 27.6. The molecule has 2 N–H and O–H groups in total. The van der Waals surface area contributed by atoms with E-state index in [2.05, 4.69) is 15.8 Å². The number of carbonyl (C=O) groups excluding carboxylic acids is 3.